The summed E-state index contributed by atoms with van der Waals surface area (Å²) >= 11 is 5.13. The standard InChI is InChI=1S/C11H14N4O2S/c1-7-5-9(16)8(6-12-7)10-13-14-11(18)15(10)3-4-17-2/h5-6H,3-4H2,1-2H3,(H,12,16)(H,14,18). The second-order valence-corrected chi connectivity index (χ2v) is 4.28. The summed E-state index contributed by atoms with van der Waals surface area (Å²) in [6.07, 6.45) is 1.64. The molecule has 0 atom stereocenters. The third-order valence-corrected chi connectivity index (χ3v) is 2.89. The SMILES string of the molecule is COCCn1c(-c2c[nH]c(C)cc2=O)n[nH]c1=S. The molecule has 0 amide bonds. The van der Waals surface area contributed by atoms with E-state index >= 15 is 0 Å². The highest BCUT2D eigenvalue weighted by atomic mass is 32.1. The highest BCUT2D eigenvalue weighted by molar-refractivity contribution is 7.71. The van der Waals surface area contributed by atoms with Crippen LogP contribution in [0.3, 0.4) is 0 Å². The molecule has 0 saturated carbocycles. The lowest BCUT2D eigenvalue weighted by atomic mass is 10.2. The Hall–Kier alpha value is -1.73. The molecule has 0 aliphatic carbocycles. The molecule has 0 unspecified atom stereocenters. The molecule has 0 fully saturated rings. The fourth-order valence-corrected chi connectivity index (χ4v) is 1.88. The van der Waals surface area contributed by atoms with Gasteiger partial charge in [-0.15, -0.1) is 0 Å². The molecule has 0 radical (unpaired) electrons. The molecule has 0 aliphatic heterocycles. The highest BCUT2D eigenvalue weighted by Crippen LogP contribution is 2.12. The van der Waals surface area contributed by atoms with Crippen LogP contribution in [-0.2, 0) is 11.3 Å². The zero-order valence-corrected chi connectivity index (χ0v) is 11.0. The van der Waals surface area contributed by atoms with Gasteiger partial charge >= 0.3 is 0 Å². The van der Waals surface area contributed by atoms with Crippen molar-refractivity contribution in [3.63, 3.8) is 0 Å². The molecular formula is C11H14N4O2S. The fourth-order valence-electron chi connectivity index (χ4n) is 1.66. The summed E-state index contributed by atoms with van der Waals surface area (Å²) in [6.45, 7) is 2.88. The Morgan fingerprint density at radius 1 is 1.56 bits per heavy atom. The van der Waals surface area contributed by atoms with Crippen LogP contribution in [0.1, 0.15) is 5.69 Å². The first-order valence-corrected chi connectivity index (χ1v) is 5.88. The third-order valence-electron chi connectivity index (χ3n) is 2.58. The normalized spacial score (nSPS) is 10.8. The summed E-state index contributed by atoms with van der Waals surface area (Å²) < 4.78 is 7.24. The van der Waals surface area contributed by atoms with Crippen molar-refractivity contribution in [3.8, 4) is 11.4 Å². The average molecular weight is 266 g/mol. The Balaban J connectivity index is 2.50. The number of aromatic amines is 2. The van der Waals surface area contributed by atoms with Gasteiger partial charge in [0, 0.05) is 25.1 Å². The monoisotopic (exact) mass is 266 g/mol. The number of nitrogens with zero attached hydrogens (tertiary/aromatic N) is 2. The van der Waals surface area contributed by atoms with Gasteiger partial charge in [0.2, 0.25) is 0 Å². The predicted molar refractivity (Wildman–Crippen MR) is 70.1 cm³/mol. The molecule has 96 valence electrons. The van der Waals surface area contributed by atoms with Gasteiger partial charge in [-0.05, 0) is 19.1 Å². The fraction of sp³-hybridized carbons (Fsp3) is 0.364. The van der Waals surface area contributed by atoms with Crippen LogP contribution < -0.4 is 5.43 Å². The Morgan fingerprint density at radius 3 is 3.00 bits per heavy atom. The summed E-state index contributed by atoms with van der Waals surface area (Å²) in [5, 5.41) is 6.79. The zero-order chi connectivity index (χ0) is 13.1. The van der Waals surface area contributed by atoms with E-state index < -0.39 is 0 Å². The van der Waals surface area contributed by atoms with Crippen molar-refractivity contribution in [3.05, 3.63) is 33.0 Å². The highest BCUT2D eigenvalue weighted by Gasteiger charge is 2.11. The summed E-state index contributed by atoms with van der Waals surface area (Å²) in [7, 11) is 1.61. The molecule has 2 aromatic rings. The number of nitrogens with one attached hydrogen (secondary N) is 2. The maximum atomic E-state index is 11.9. The summed E-state index contributed by atoms with van der Waals surface area (Å²) in [5.41, 5.74) is 1.21. The van der Waals surface area contributed by atoms with Gasteiger partial charge in [-0.25, -0.2) is 0 Å². The predicted octanol–water partition coefficient (Wildman–Crippen LogP) is 1.25. The van der Waals surface area contributed by atoms with Gasteiger partial charge in [-0.3, -0.25) is 14.5 Å². The molecule has 0 aliphatic rings. The number of rotatable bonds is 4. The van der Waals surface area contributed by atoms with E-state index in [9.17, 15) is 4.79 Å². The van der Waals surface area contributed by atoms with E-state index in [4.69, 9.17) is 17.0 Å². The van der Waals surface area contributed by atoms with Crippen molar-refractivity contribution < 1.29 is 4.74 Å². The van der Waals surface area contributed by atoms with Crippen molar-refractivity contribution in [1.29, 1.82) is 0 Å². The number of pyridine rings is 1. The van der Waals surface area contributed by atoms with Crippen molar-refractivity contribution >= 4 is 12.2 Å². The van der Waals surface area contributed by atoms with Gasteiger partial charge in [0.1, 0.15) is 0 Å². The third kappa shape index (κ3) is 2.41. The maximum absolute atomic E-state index is 11.9. The lowest BCUT2D eigenvalue weighted by molar-refractivity contribution is 0.187. The van der Waals surface area contributed by atoms with Gasteiger partial charge in [0.15, 0.2) is 16.0 Å². The topological polar surface area (TPSA) is 75.7 Å². The summed E-state index contributed by atoms with van der Waals surface area (Å²) in [6, 6.07) is 1.54. The van der Waals surface area contributed by atoms with E-state index in [1.807, 2.05) is 6.92 Å². The molecule has 2 aromatic heterocycles. The van der Waals surface area contributed by atoms with Crippen LogP contribution in [0.4, 0.5) is 0 Å². The molecular weight excluding hydrogens is 252 g/mol. The summed E-state index contributed by atoms with van der Waals surface area (Å²) in [5.74, 6) is 0.526. The molecule has 0 bridgehead atoms. The zero-order valence-electron chi connectivity index (χ0n) is 10.2. The quantitative estimate of drug-likeness (QED) is 0.817. The first-order chi connectivity index (χ1) is 8.63. The first kappa shape index (κ1) is 12.7. The largest absolute Gasteiger partial charge is 0.383 e. The molecule has 2 heterocycles. The van der Waals surface area contributed by atoms with E-state index in [2.05, 4.69) is 15.2 Å². The van der Waals surface area contributed by atoms with E-state index in [1.54, 1.807) is 17.9 Å². The number of ether oxygens (including phenoxy) is 1. The van der Waals surface area contributed by atoms with Crippen LogP contribution in [0, 0.1) is 11.7 Å². The molecule has 2 rings (SSSR count). The van der Waals surface area contributed by atoms with E-state index in [1.165, 1.54) is 6.07 Å². The number of methoxy groups -OCH3 is 1. The van der Waals surface area contributed by atoms with Crippen LogP contribution in [-0.4, -0.2) is 33.5 Å². The Kier molecular flexibility index (Phi) is 3.73. The smallest absolute Gasteiger partial charge is 0.195 e. The van der Waals surface area contributed by atoms with E-state index in [0.29, 0.717) is 29.3 Å². The average Bonchev–Trinajstić information content (AvgIpc) is 2.68. The second kappa shape index (κ2) is 5.28. The Bertz CT molecular complexity index is 656. The molecule has 2 N–H and O–H groups in total. The van der Waals surface area contributed by atoms with Crippen LogP contribution in [0.5, 0.6) is 0 Å². The second-order valence-electron chi connectivity index (χ2n) is 3.89. The molecule has 0 aromatic carbocycles. The minimum absolute atomic E-state index is 0.0843. The lowest BCUT2D eigenvalue weighted by Gasteiger charge is -2.05. The van der Waals surface area contributed by atoms with Crippen LogP contribution in [0.15, 0.2) is 17.1 Å². The van der Waals surface area contributed by atoms with Crippen LogP contribution in [0.2, 0.25) is 0 Å². The molecule has 0 spiro atoms. The number of aromatic nitrogens is 4. The number of hydrogen-bond donors (Lipinski definition) is 2. The van der Waals surface area contributed by atoms with Crippen molar-refractivity contribution in [2.24, 2.45) is 0 Å². The Morgan fingerprint density at radius 2 is 2.33 bits per heavy atom. The Labute approximate surface area is 109 Å². The number of hydrogen-bond acceptors (Lipinski definition) is 4. The molecule has 18 heavy (non-hydrogen) atoms. The lowest BCUT2D eigenvalue weighted by Crippen LogP contribution is -2.12. The molecule has 7 heteroatoms. The van der Waals surface area contributed by atoms with Gasteiger partial charge < -0.3 is 9.72 Å². The first-order valence-electron chi connectivity index (χ1n) is 5.47. The van der Waals surface area contributed by atoms with Gasteiger partial charge in [-0.2, -0.15) is 5.10 Å². The number of aryl methyl sites for hydroxylation is 1. The minimum atomic E-state index is -0.0843. The van der Waals surface area contributed by atoms with Gasteiger partial charge in [-0.1, -0.05) is 0 Å². The van der Waals surface area contributed by atoms with Gasteiger partial charge in [0.25, 0.3) is 0 Å². The van der Waals surface area contributed by atoms with Crippen molar-refractivity contribution in [1.82, 2.24) is 19.7 Å². The van der Waals surface area contributed by atoms with Gasteiger partial charge in [0.05, 0.1) is 18.7 Å². The van der Waals surface area contributed by atoms with E-state index in [0.717, 1.165) is 5.69 Å². The molecule has 6 nitrogen and oxygen atoms in total. The van der Waals surface area contributed by atoms with E-state index in [-0.39, 0.29) is 5.43 Å². The van der Waals surface area contributed by atoms with Crippen molar-refractivity contribution in [2.45, 2.75) is 13.5 Å². The minimum Gasteiger partial charge on any atom is -0.383 e. The number of H-pyrrole nitrogens is 2. The maximum Gasteiger partial charge on any atom is 0.195 e. The van der Waals surface area contributed by atoms with Crippen LogP contribution in [0.25, 0.3) is 11.4 Å². The van der Waals surface area contributed by atoms with Crippen LogP contribution >= 0.6 is 12.2 Å². The van der Waals surface area contributed by atoms with Crippen molar-refractivity contribution in [2.75, 3.05) is 13.7 Å². The molecule has 0 saturated heterocycles. The summed E-state index contributed by atoms with van der Waals surface area (Å²) in [4.78, 5) is 14.9.